The molecule has 168 valence electrons. The normalized spacial score (nSPS) is 10.7. The number of hydrogen-bond donors (Lipinski definition) is 1. The molecule has 0 fully saturated rings. The molecule has 1 amide bonds. The van der Waals surface area contributed by atoms with Crippen LogP contribution in [0.3, 0.4) is 0 Å². The summed E-state index contributed by atoms with van der Waals surface area (Å²) in [6.07, 6.45) is 0.744. The Labute approximate surface area is 190 Å². The van der Waals surface area contributed by atoms with E-state index in [4.69, 9.17) is 14.2 Å². The van der Waals surface area contributed by atoms with E-state index in [9.17, 15) is 4.79 Å². The van der Waals surface area contributed by atoms with Crippen LogP contribution in [-0.4, -0.2) is 26.7 Å². The molecule has 3 aromatic carbocycles. The largest absolute Gasteiger partial charge is 0.497 e. The number of carbonyl (C=O) groups excluding carboxylic acids is 1. The molecule has 0 saturated carbocycles. The molecule has 0 atom stereocenters. The van der Waals surface area contributed by atoms with Crippen molar-refractivity contribution in [2.45, 2.75) is 32.8 Å². The predicted octanol–water partition coefficient (Wildman–Crippen LogP) is 5.38. The number of carbonyl (C=O) groups is 1. The van der Waals surface area contributed by atoms with Crippen LogP contribution in [0, 0.1) is 0 Å². The maximum Gasteiger partial charge on any atom is 0.251 e. The van der Waals surface area contributed by atoms with Crippen molar-refractivity contribution >= 4 is 5.91 Å². The van der Waals surface area contributed by atoms with Gasteiger partial charge in [-0.3, -0.25) is 4.79 Å². The lowest BCUT2D eigenvalue weighted by Gasteiger charge is -2.16. The van der Waals surface area contributed by atoms with E-state index in [0.29, 0.717) is 30.4 Å². The van der Waals surface area contributed by atoms with Gasteiger partial charge in [-0.1, -0.05) is 44.2 Å². The van der Waals surface area contributed by atoms with Gasteiger partial charge in [0.05, 0.1) is 14.2 Å². The number of para-hydroxylation sites is 1. The van der Waals surface area contributed by atoms with Gasteiger partial charge in [-0.25, -0.2) is 0 Å². The Balaban J connectivity index is 1.63. The highest BCUT2D eigenvalue weighted by molar-refractivity contribution is 5.94. The predicted molar refractivity (Wildman–Crippen MR) is 127 cm³/mol. The van der Waals surface area contributed by atoms with E-state index in [1.165, 1.54) is 0 Å². The third-order valence-electron chi connectivity index (χ3n) is 5.33. The lowest BCUT2D eigenvalue weighted by Crippen LogP contribution is -2.25. The van der Waals surface area contributed by atoms with Crippen LogP contribution in [0.5, 0.6) is 17.2 Å². The Kier molecular flexibility index (Phi) is 8.14. The number of hydrogen-bond acceptors (Lipinski definition) is 4. The first kappa shape index (κ1) is 23.2. The maximum atomic E-state index is 12.7. The summed E-state index contributed by atoms with van der Waals surface area (Å²) in [5.74, 6) is 2.60. The van der Waals surface area contributed by atoms with Gasteiger partial charge in [-0.15, -0.1) is 0 Å². The summed E-state index contributed by atoms with van der Waals surface area (Å²) in [7, 11) is 3.27. The molecule has 32 heavy (non-hydrogen) atoms. The zero-order chi connectivity index (χ0) is 22.9. The minimum absolute atomic E-state index is 0.120. The van der Waals surface area contributed by atoms with Gasteiger partial charge in [0, 0.05) is 17.7 Å². The molecule has 0 unspecified atom stereocenters. The summed E-state index contributed by atoms with van der Waals surface area (Å²) >= 11 is 0. The molecule has 0 saturated heterocycles. The average Bonchev–Trinajstić information content (AvgIpc) is 2.83. The second kappa shape index (κ2) is 11.2. The van der Waals surface area contributed by atoms with Gasteiger partial charge in [-0.2, -0.15) is 0 Å². The van der Waals surface area contributed by atoms with Crippen molar-refractivity contribution in [2.24, 2.45) is 0 Å². The molecule has 0 radical (unpaired) electrons. The number of amides is 1. The zero-order valence-electron chi connectivity index (χ0n) is 19.2. The average molecular weight is 434 g/mol. The molecule has 0 aliphatic heterocycles. The Morgan fingerprint density at radius 1 is 0.906 bits per heavy atom. The standard InChI is InChI=1S/C27H31NO4/c1-19(2)24-7-5-6-8-26(24)32-18-22-17-21(11-14-25(22)31-4)27(29)28-16-15-20-9-12-23(30-3)13-10-20/h5-14,17,19H,15-16,18H2,1-4H3,(H,28,29). The van der Waals surface area contributed by atoms with E-state index >= 15 is 0 Å². The van der Waals surface area contributed by atoms with Gasteiger partial charge in [-0.05, 0) is 59.9 Å². The summed E-state index contributed by atoms with van der Waals surface area (Å²) in [6, 6.07) is 21.3. The lowest BCUT2D eigenvalue weighted by atomic mass is 10.0. The highest BCUT2D eigenvalue weighted by Gasteiger charge is 2.13. The van der Waals surface area contributed by atoms with Crippen molar-refractivity contribution in [3.05, 3.63) is 89.0 Å². The Hall–Kier alpha value is -3.47. The third kappa shape index (κ3) is 6.03. The Morgan fingerprint density at radius 2 is 1.66 bits per heavy atom. The fraction of sp³-hybridized carbons (Fsp3) is 0.296. The number of benzene rings is 3. The van der Waals surface area contributed by atoms with E-state index in [-0.39, 0.29) is 5.91 Å². The van der Waals surface area contributed by atoms with Crippen LogP contribution >= 0.6 is 0 Å². The van der Waals surface area contributed by atoms with Crippen molar-refractivity contribution in [2.75, 3.05) is 20.8 Å². The first-order valence-electron chi connectivity index (χ1n) is 10.8. The molecule has 5 heteroatoms. The second-order valence-corrected chi connectivity index (χ2v) is 7.86. The molecular formula is C27H31NO4. The molecule has 1 N–H and O–H groups in total. The molecule has 0 bridgehead atoms. The SMILES string of the molecule is COc1ccc(CCNC(=O)c2ccc(OC)c(COc3ccccc3C(C)C)c2)cc1. The number of ether oxygens (including phenoxy) is 3. The van der Waals surface area contributed by atoms with Crippen LogP contribution < -0.4 is 19.5 Å². The summed E-state index contributed by atoms with van der Waals surface area (Å²) in [5, 5.41) is 2.99. The first-order valence-corrected chi connectivity index (χ1v) is 10.8. The minimum atomic E-state index is -0.120. The van der Waals surface area contributed by atoms with E-state index < -0.39 is 0 Å². The first-order chi connectivity index (χ1) is 15.5. The smallest absolute Gasteiger partial charge is 0.251 e. The third-order valence-corrected chi connectivity index (χ3v) is 5.33. The van der Waals surface area contributed by atoms with Crippen molar-refractivity contribution in [1.82, 2.24) is 5.32 Å². The molecule has 0 aliphatic carbocycles. The minimum Gasteiger partial charge on any atom is -0.497 e. The van der Waals surface area contributed by atoms with Gasteiger partial charge in [0.15, 0.2) is 0 Å². The highest BCUT2D eigenvalue weighted by Crippen LogP contribution is 2.28. The fourth-order valence-corrected chi connectivity index (χ4v) is 3.49. The molecule has 0 spiro atoms. The van der Waals surface area contributed by atoms with Gasteiger partial charge in [0.25, 0.3) is 5.91 Å². The van der Waals surface area contributed by atoms with Gasteiger partial charge in [0.1, 0.15) is 23.9 Å². The van der Waals surface area contributed by atoms with Gasteiger partial charge < -0.3 is 19.5 Å². The highest BCUT2D eigenvalue weighted by atomic mass is 16.5. The van der Waals surface area contributed by atoms with E-state index in [1.54, 1.807) is 20.3 Å². The molecular weight excluding hydrogens is 402 g/mol. The van der Waals surface area contributed by atoms with Crippen molar-refractivity contribution in [3.8, 4) is 17.2 Å². The Morgan fingerprint density at radius 3 is 2.34 bits per heavy atom. The maximum absolute atomic E-state index is 12.7. The topological polar surface area (TPSA) is 56.8 Å². The van der Waals surface area contributed by atoms with Crippen LogP contribution in [0.1, 0.15) is 46.8 Å². The van der Waals surface area contributed by atoms with E-state index in [0.717, 1.165) is 34.6 Å². The quantitative estimate of drug-likeness (QED) is 0.466. The summed E-state index contributed by atoms with van der Waals surface area (Å²) in [6.45, 7) is 5.14. The van der Waals surface area contributed by atoms with Crippen molar-refractivity contribution in [3.63, 3.8) is 0 Å². The molecule has 5 nitrogen and oxygen atoms in total. The van der Waals surface area contributed by atoms with Crippen molar-refractivity contribution in [1.29, 1.82) is 0 Å². The molecule has 3 aromatic rings. The molecule has 3 rings (SSSR count). The van der Waals surface area contributed by atoms with Gasteiger partial charge >= 0.3 is 0 Å². The van der Waals surface area contributed by atoms with Crippen LogP contribution in [0.2, 0.25) is 0 Å². The van der Waals surface area contributed by atoms with Crippen LogP contribution in [0.15, 0.2) is 66.7 Å². The second-order valence-electron chi connectivity index (χ2n) is 7.86. The Bertz CT molecular complexity index is 1030. The summed E-state index contributed by atoms with van der Waals surface area (Å²) < 4.78 is 16.8. The fourth-order valence-electron chi connectivity index (χ4n) is 3.49. The number of methoxy groups -OCH3 is 2. The van der Waals surface area contributed by atoms with Crippen LogP contribution in [-0.2, 0) is 13.0 Å². The van der Waals surface area contributed by atoms with E-state index in [1.807, 2.05) is 54.6 Å². The lowest BCUT2D eigenvalue weighted by molar-refractivity contribution is 0.0954. The summed E-state index contributed by atoms with van der Waals surface area (Å²) in [5.41, 5.74) is 3.70. The van der Waals surface area contributed by atoms with Crippen LogP contribution in [0.4, 0.5) is 0 Å². The van der Waals surface area contributed by atoms with Crippen molar-refractivity contribution < 1.29 is 19.0 Å². The zero-order valence-corrected chi connectivity index (χ0v) is 19.2. The number of nitrogens with one attached hydrogen (secondary N) is 1. The van der Waals surface area contributed by atoms with Crippen LogP contribution in [0.25, 0.3) is 0 Å². The molecule has 0 heterocycles. The molecule has 0 aliphatic rings. The van der Waals surface area contributed by atoms with Gasteiger partial charge in [0.2, 0.25) is 0 Å². The van der Waals surface area contributed by atoms with E-state index in [2.05, 4.69) is 25.2 Å². The number of rotatable bonds is 10. The summed E-state index contributed by atoms with van der Waals surface area (Å²) in [4.78, 5) is 12.7. The monoisotopic (exact) mass is 433 g/mol. The molecule has 0 aromatic heterocycles.